The summed E-state index contributed by atoms with van der Waals surface area (Å²) in [6.07, 6.45) is 1.69. The summed E-state index contributed by atoms with van der Waals surface area (Å²) in [7, 11) is -4.13. The number of hydrogen-bond acceptors (Lipinski definition) is 5. The van der Waals surface area contributed by atoms with Crippen LogP contribution in [0.1, 0.15) is 5.56 Å². The van der Waals surface area contributed by atoms with E-state index >= 15 is 0 Å². The summed E-state index contributed by atoms with van der Waals surface area (Å²) in [5, 5.41) is 0.277. The summed E-state index contributed by atoms with van der Waals surface area (Å²) in [6, 6.07) is 5.54. The molecule has 11 heteroatoms. The maximum Gasteiger partial charge on any atom is 0.347 e. The van der Waals surface area contributed by atoms with E-state index < -0.39 is 21.9 Å². The van der Waals surface area contributed by atoms with Crippen molar-refractivity contribution in [3.8, 4) is 0 Å². The number of amides is 2. The van der Waals surface area contributed by atoms with E-state index in [2.05, 4.69) is 10.9 Å². The summed E-state index contributed by atoms with van der Waals surface area (Å²) in [5.74, 6) is -0.619. The Balaban J connectivity index is 2.12. The largest absolute Gasteiger partial charge is 0.347 e. The molecule has 2 aromatic carbocycles. The van der Waals surface area contributed by atoms with Gasteiger partial charge in [-0.15, -0.1) is 11.8 Å². The van der Waals surface area contributed by atoms with E-state index in [0.717, 1.165) is 6.07 Å². The fraction of sp³-hybridized carbons (Fsp3) is 0.133. The summed E-state index contributed by atoms with van der Waals surface area (Å²) < 4.78 is 39.9. The normalized spacial score (nSPS) is 11.1. The van der Waals surface area contributed by atoms with Gasteiger partial charge in [0.25, 0.3) is 10.0 Å². The van der Waals surface area contributed by atoms with Crippen LogP contribution in [0, 0.1) is 12.7 Å². The van der Waals surface area contributed by atoms with Gasteiger partial charge in [0, 0.05) is 9.92 Å². The van der Waals surface area contributed by atoms with Crippen molar-refractivity contribution in [2.24, 2.45) is 0 Å². The second kappa shape index (κ2) is 8.34. The van der Waals surface area contributed by atoms with Crippen LogP contribution in [-0.4, -0.2) is 20.7 Å². The Hall–Kier alpha value is -1.68. The number of hydrogen-bond donors (Lipinski definition) is 3. The van der Waals surface area contributed by atoms with Crippen molar-refractivity contribution in [2.45, 2.75) is 16.7 Å². The highest BCUT2D eigenvalue weighted by atomic mass is 35.5. The van der Waals surface area contributed by atoms with Gasteiger partial charge in [0.2, 0.25) is 0 Å². The predicted octanol–water partition coefficient (Wildman–Crippen LogP) is 4.18. The molecule has 0 saturated heterocycles. The van der Waals surface area contributed by atoms with Crippen LogP contribution in [0.4, 0.5) is 14.9 Å². The standard InChI is InChI=1S/C15H14Cl2FN3O3S2/c1-8-5-14(13(25-2)7-10(8)16)26(23,24)21-15(22)20-19-9-3-4-12(18)11(17)6-9/h3-7,19H,1-2H3,(H2,20,21,22). The molecule has 3 N–H and O–H groups in total. The first-order chi connectivity index (χ1) is 12.1. The number of carbonyl (C=O) groups is 1. The third kappa shape index (κ3) is 4.94. The molecule has 0 bridgehead atoms. The van der Waals surface area contributed by atoms with Crippen molar-refractivity contribution in [2.75, 3.05) is 11.7 Å². The highest BCUT2D eigenvalue weighted by Gasteiger charge is 2.22. The van der Waals surface area contributed by atoms with Gasteiger partial charge < -0.3 is 0 Å². The molecule has 26 heavy (non-hydrogen) atoms. The fourth-order valence-corrected chi connectivity index (χ4v) is 4.46. The number of thioether (sulfide) groups is 1. The van der Waals surface area contributed by atoms with E-state index in [-0.39, 0.29) is 15.6 Å². The van der Waals surface area contributed by atoms with Gasteiger partial charge in [0.1, 0.15) is 10.7 Å². The van der Waals surface area contributed by atoms with Gasteiger partial charge in [-0.1, -0.05) is 23.2 Å². The molecule has 0 radical (unpaired) electrons. The summed E-state index contributed by atoms with van der Waals surface area (Å²) in [5.41, 5.74) is 5.41. The number of anilines is 1. The van der Waals surface area contributed by atoms with Crippen molar-refractivity contribution >= 4 is 56.7 Å². The summed E-state index contributed by atoms with van der Waals surface area (Å²) in [4.78, 5) is 12.2. The number of halogens is 3. The average Bonchev–Trinajstić information content (AvgIpc) is 2.57. The van der Waals surface area contributed by atoms with Crippen molar-refractivity contribution in [1.82, 2.24) is 10.1 Å². The van der Waals surface area contributed by atoms with Gasteiger partial charge in [-0.25, -0.2) is 22.3 Å². The number of aryl methyl sites for hydroxylation is 1. The zero-order valence-electron chi connectivity index (χ0n) is 13.6. The van der Waals surface area contributed by atoms with E-state index in [9.17, 15) is 17.6 Å². The third-order valence-electron chi connectivity index (χ3n) is 3.20. The molecule has 2 rings (SSSR count). The zero-order valence-corrected chi connectivity index (χ0v) is 16.7. The molecule has 2 amide bonds. The Labute approximate surface area is 164 Å². The molecule has 0 aliphatic rings. The number of carbonyl (C=O) groups excluding carboxylic acids is 1. The smallest absolute Gasteiger partial charge is 0.297 e. The first kappa shape index (κ1) is 20.6. The Morgan fingerprint density at radius 1 is 1.15 bits per heavy atom. The van der Waals surface area contributed by atoms with Crippen molar-refractivity contribution in [3.63, 3.8) is 0 Å². The van der Waals surface area contributed by atoms with Crippen molar-refractivity contribution in [1.29, 1.82) is 0 Å². The minimum atomic E-state index is -4.13. The first-order valence-electron chi connectivity index (χ1n) is 7.02. The molecule has 2 aromatic rings. The highest BCUT2D eigenvalue weighted by molar-refractivity contribution is 7.99. The second-order valence-corrected chi connectivity index (χ2v) is 8.38. The van der Waals surface area contributed by atoms with Crippen LogP contribution in [0.3, 0.4) is 0 Å². The average molecular weight is 438 g/mol. The molecule has 0 atom stereocenters. The SMILES string of the molecule is CSc1cc(Cl)c(C)cc1S(=O)(=O)NC(=O)NNc1ccc(F)c(Cl)c1. The second-order valence-electron chi connectivity index (χ2n) is 5.07. The van der Waals surface area contributed by atoms with Gasteiger partial charge in [-0.05, 0) is 49.1 Å². The van der Waals surface area contributed by atoms with Gasteiger partial charge in [-0.3, -0.25) is 10.9 Å². The number of rotatable bonds is 5. The van der Waals surface area contributed by atoms with E-state index in [4.69, 9.17) is 23.2 Å². The maximum absolute atomic E-state index is 13.1. The topological polar surface area (TPSA) is 87.3 Å². The van der Waals surface area contributed by atoms with E-state index in [1.165, 1.54) is 36.0 Å². The third-order valence-corrected chi connectivity index (χ3v) is 6.18. The Kier molecular flexibility index (Phi) is 6.62. The Morgan fingerprint density at radius 3 is 2.46 bits per heavy atom. The monoisotopic (exact) mass is 437 g/mol. The molecule has 0 unspecified atom stereocenters. The number of nitrogens with one attached hydrogen (secondary N) is 3. The van der Waals surface area contributed by atoms with Gasteiger partial charge in [-0.2, -0.15) is 0 Å². The zero-order chi connectivity index (χ0) is 19.5. The first-order valence-corrected chi connectivity index (χ1v) is 10.5. The van der Waals surface area contributed by atoms with Gasteiger partial charge >= 0.3 is 6.03 Å². The molecular weight excluding hydrogens is 424 g/mol. The molecule has 0 saturated carbocycles. The minimum absolute atomic E-state index is 0.0631. The molecule has 0 fully saturated rings. The van der Waals surface area contributed by atoms with E-state index in [1.54, 1.807) is 13.2 Å². The molecular formula is C15H14Cl2FN3O3S2. The summed E-state index contributed by atoms with van der Waals surface area (Å²) in [6.45, 7) is 1.66. The lowest BCUT2D eigenvalue weighted by molar-refractivity contribution is 0.247. The van der Waals surface area contributed by atoms with Crippen LogP contribution < -0.4 is 15.6 Å². The predicted molar refractivity (Wildman–Crippen MR) is 102 cm³/mol. The quantitative estimate of drug-likeness (QED) is 0.482. The number of sulfonamides is 1. The van der Waals surface area contributed by atoms with Gasteiger partial charge in [0.05, 0.1) is 10.7 Å². The van der Waals surface area contributed by atoms with E-state index in [0.29, 0.717) is 15.5 Å². The molecule has 0 aliphatic carbocycles. The van der Waals surface area contributed by atoms with E-state index in [1.807, 2.05) is 4.72 Å². The van der Waals surface area contributed by atoms with Crippen molar-refractivity contribution < 1.29 is 17.6 Å². The lowest BCUT2D eigenvalue weighted by Crippen LogP contribution is -2.42. The van der Waals surface area contributed by atoms with Crippen molar-refractivity contribution in [3.05, 3.63) is 51.8 Å². The lowest BCUT2D eigenvalue weighted by Gasteiger charge is -2.13. The lowest BCUT2D eigenvalue weighted by atomic mass is 10.2. The number of benzene rings is 2. The Bertz CT molecular complexity index is 955. The minimum Gasteiger partial charge on any atom is -0.297 e. The molecule has 0 spiro atoms. The number of hydrazine groups is 1. The fourth-order valence-electron chi connectivity index (χ4n) is 1.91. The number of urea groups is 1. The van der Waals surface area contributed by atoms with Gasteiger partial charge in [0.15, 0.2) is 0 Å². The van der Waals surface area contributed by atoms with Crippen LogP contribution in [0.25, 0.3) is 0 Å². The highest BCUT2D eigenvalue weighted by Crippen LogP contribution is 2.30. The molecule has 140 valence electrons. The van der Waals surface area contributed by atoms with Crippen LogP contribution in [0.5, 0.6) is 0 Å². The molecule has 0 aliphatic heterocycles. The van der Waals surface area contributed by atoms with Crippen LogP contribution >= 0.6 is 35.0 Å². The molecule has 0 aromatic heterocycles. The Morgan fingerprint density at radius 2 is 1.85 bits per heavy atom. The van der Waals surface area contributed by atoms with Crippen LogP contribution in [-0.2, 0) is 10.0 Å². The maximum atomic E-state index is 13.1. The summed E-state index contributed by atoms with van der Waals surface area (Å²) >= 11 is 12.8. The van der Waals surface area contributed by atoms with Crippen LogP contribution in [0.2, 0.25) is 10.0 Å². The van der Waals surface area contributed by atoms with Crippen LogP contribution in [0.15, 0.2) is 40.1 Å². The molecule has 0 heterocycles. The molecule has 6 nitrogen and oxygen atoms in total.